The molecule has 1 aromatic carbocycles. The summed E-state index contributed by atoms with van der Waals surface area (Å²) in [4.78, 5) is 15.5. The lowest BCUT2D eigenvalue weighted by Crippen LogP contribution is -2.38. The molecule has 4 heteroatoms. The third kappa shape index (κ3) is 2.49. The highest BCUT2D eigenvalue weighted by molar-refractivity contribution is 7.10. The van der Waals surface area contributed by atoms with Crippen molar-refractivity contribution in [2.75, 3.05) is 13.7 Å². The van der Waals surface area contributed by atoms with E-state index in [2.05, 4.69) is 0 Å². The van der Waals surface area contributed by atoms with E-state index >= 15 is 0 Å². The van der Waals surface area contributed by atoms with Crippen LogP contribution in [0.3, 0.4) is 0 Å². The van der Waals surface area contributed by atoms with Crippen LogP contribution < -0.4 is 0 Å². The molecule has 3 nitrogen and oxygen atoms in total. The first-order chi connectivity index (χ1) is 11.9. The Morgan fingerprint density at radius 2 is 2.25 bits per heavy atom. The van der Waals surface area contributed by atoms with E-state index < -0.39 is 30.1 Å². The van der Waals surface area contributed by atoms with Crippen LogP contribution in [0.5, 0.6) is 0 Å². The second-order valence-corrected chi connectivity index (χ2v) is 5.55. The van der Waals surface area contributed by atoms with E-state index in [4.69, 9.17) is 11.6 Å². The number of rotatable bonds is 3. The normalized spacial score (nSPS) is 19.9. The number of carbonyl (C=O) groups excluding carboxylic acids is 1. The summed E-state index contributed by atoms with van der Waals surface area (Å²) in [7, 11) is 1.24. The van der Waals surface area contributed by atoms with Crippen molar-refractivity contribution < 1.29 is 16.4 Å². The largest absolute Gasteiger partial charge is 0.468 e. The monoisotopic (exact) mass is 293 g/mol. The van der Waals surface area contributed by atoms with Crippen LogP contribution in [-0.2, 0) is 22.5 Å². The minimum atomic E-state index is -1.04. The minimum Gasteiger partial charge on any atom is -0.468 e. The van der Waals surface area contributed by atoms with Crippen molar-refractivity contribution >= 4 is 17.3 Å². The molecule has 20 heavy (non-hydrogen) atoms. The molecule has 0 aliphatic carbocycles. The van der Waals surface area contributed by atoms with Crippen molar-refractivity contribution in [2.45, 2.75) is 19.0 Å². The molecular formula is C16H17NO2S. The van der Waals surface area contributed by atoms with Gasteiger partial charge in [0.1, 0.15) is 6.04 Å². The first kappa shape index (κ1) is 8.60. The number of ether oxygens (including phenoxy) is 1. The number of thiophene rings is 1. The van der Waals surface area contributed by atoms with Crippen molar-refractivity contribution in [1.82, 2.24) is 4.90 Å². The molecule has 0 spiro atoms. The van der Waals surface area contributed by atoms with E-state index in [9.17, 15) is 4.79 Å². The van der Waals surface area contributed by atoms with Gasteiger partial charge in [0.15, 0.2) is 0 Å². The van der Waals surface area contributed by atoms with Gasteiger partial charge in [0.2, 0.25) is 0 Å². The SMILES string of the molecule is [2H]c1c([2H])c([2H])c(C([13C](=O)OC)N2CCc3sccc3C2)c([2H])c1[2H]. The fourth-order valence-electron chi connectivity index (χ4n) is 2.45. The third-order valence-electron chi connectivity index (χ3n) is 3.42. The van der Waals surface area contributed by atoms with Gasteiger partial charge in [-0.3, -0.25) is 4.90 Å². The van der Waals surface area contributed by atoms with E-state index in [0.717, 1.165) is 12.0 Å². The molecule has 0 saturated carbocycles. The second-order valence-electron chi connectivity index (χ2n) is 4.55. The van der Waals surface area contributed by atoms with Gasteiger partial charge in [-0.1, -0.05) is 30.2 Å². The molecule has 2 heterocycles. The maximum Gasteiger partial charge on any atom is 0.327 e. The molecule has 0 fully saturated rings. The first-order valence-corrected chi connectivity index (χ1v) is 7.18. The van der Waals surface area contributed by atoms with Gasteiger partial charge in [-0.15, -0.1) is 11.3 Å². The average Bonchev–Trinajstić information content (AvgIpc) is 3.09. The lowest BCUT2D eigenvalue weighted by molar-refractivity contribution is -0.147. The second kappa shape index (κ2) is 5.77. The van der Waals surface area contributed by atoms with Gasteiger partial charge in [0, 0.05) is 18.0 Å². The van der Waals surface area contributed by atoms with E-state index in [1.54, 1.807) is 11.3 Å². The van der Waals surface area contributed by atoms with Crippen molar-refractivity contribution in [3.05, 3.63) is 57.7 Å². The van der Waals surface area contributed by atoms with Crippen molar-refractivity contribution in [3.8, 4) is 0 Å². The Morgan fingerprint density at radius 3 is 3.00 bits per heavy atom. The number of hydrogen-bond donors (Lipinski definition) is 0. The van der Waals surface area contributed by atoms with Crippen molar-refractivity contribution in [1.29, 1.82) is 0 Å². The van der Waals surface area contributed by atoms with Crippen LogP contribution in [0.25, 0.3) is 0 Å². The van der Waals surface area contributed by atoms with Crippen LogP contribution >= 0.6 is 11.3 Å². The standard InChI is InChI=1S/C16H17NO2S/c1-19-16(18)15(12-5-3-2-4-6-12)17-9-7-14-13(11-17)8-10-20-14/h2-6,8,10,15H,7,9,11H2,1H3/i2D,3D,4D,5D,6D,16+1. The highest BCUT2D eigenvalue weighted by Crippen LogP contribution is 2.30. The fraction of sp³-hybridized carbons (Fsp3) is 0.312. The Kier molecular flexibility index (Phi) is 2.48. The molecule has 2 aromatic rings. The maximum absolute atomic E-state index is 12.5. The van der Waals surface area contributed by atoms with Crippen LogP contribution in [0.15, 0.2) is 41.7 Å². The molecular weight excluding hydrogens is 271 g/mol. The van der Waals surface area contributed by atoms with Gasteiger partial charge in [-0.25, -0.2) is 4.79 Å². The minimum absolute atomic E-state index is 0.0310. The predicted octanol–water partition coefficient (Wildman–Crippen LogP) is 3.02. The Labute approximate surface area is 129 Å². The Bertz CT molecular complexity index is 809. The lowest BCUT2D eigenvalue weighted by atomic mass is 10.1. The molecule has 0 radical (unpaired) electrons. The molecule has 1 atom stereocenters. The lowest BCUT2D eigenvalue weighted by Gasteiger charge is -2.33. The molecule has 104 valence electrons. The van der Waals surface area contributed by atoms with Crippen LogP contribution in [0.2, 0.25) is 0 Å². The van der Waals surface area contributed by atoms with E-state index in [1.807, 2.05) is 16.3 Å². The highest BCUT2D eigenvalue weighted by Gasteiger charge is 2.31. The number of carbonyl (C=O) groups is 1. The Hall–Kier alpha value is -1.65. The van der Waals surface area contributed by atoms with E-state index in [-0.39, 0.29) is 17.6 Å². The third-order valence-corrected chi connectivity index (χ3v) is 4.44. The smallest absolute Gasteiger partial charge is 0.327 e. The van der Waals surface area contributed by atoms with Crippen LogP contribution in [0.1, 0.15) is 28.9 Å². The molecule has 1 aliphatic rings. The number of esters is 1. The summed E-state index contributed by atoms with van der Waals surface area (Å²) in [6.07, 6.45) is 0.749. The van der Waals surface area contributed by atoms with Gasteiger partial charge >= 0.3 is 5.97 Å². The van der Waals surface area contributed by atoms with Crippen LogP contribution in [0, 0.1) is 0 Å². The zero-order chi connectivity index (χ0) is 18.3. The maximum atomic E-state index is 12.5. The Morgan fingerprint density at radius 1 is 1.45 bits per heavy atom. The number of methoxy groups -OCH3 is 1. The average molecular weight is 293 g/mol. The van der Waals surface area contributed by atoms with Gasteiger partial charge < -0.3 is 4.74 Å². The van der Waals surface area contributed by atoms with Gasteiger partial charge in [0.25, 0.3) is 0 Å². The summed E-state index contributed by atoms with van der Waals surface area (Å²) in [5, 5.41) is 1.99. The number of hydrogen-bond acceptors (Lipinski definition) is 4. The summed E-state index contributed by atoms with van der Waals surface area (Å²) in [6, 6.07) is -1.14. The number of nitrogens with zero attached hydrogens (tertiary/aromatic N) is 1. The molecule has 0 amide bonds. The van der Waals surface area contributed by atoms with E-state index in [1.165, 1.54) is 12.0 Å². The summed E-state index contributed by atoms with van der Waals surface area (Å²) >= 11 is 1.66. The molecule has 1 unspecified atom stereocenters. The van der Waals surface area contributed by atoms with Crippen molar-refractivity contribution in [3.63, 3.8) is 0 Å². The molecule has 1 aromatic heterocycles. The fourth-order valence-corrected chi connectivity index (χ4v) is 3.34. The van der Waals surface area contributed by atoms with Crippen LogP contribution in [0.4, 0.5) is 0 Å². The van der Waals surface area contributed by atoms with Crippen LogP contribution in [-0.4, -0.2) is 24.5 Å². The quantitative estimate of drug-likeness (QED) is 0.643. The molecule has 0 N–H and O–H groups in total. The van der Waals surface area contributed by atoms with Gasteiger partial charge in [0.05, 0.1) is 14.0 Å². The van der Waals surface area contributed by atoms with Gasteiger partial charge in [-0.05, 0) is 29.0 Å². The highest BCUT2D eigenvalue weighted by atomic mass is 32.1. The summed E-state index contributed by atoms with van der Waals surface area (Å²) in [5.74, 6) is -0.628. The molecule has 1 aliphatic heterocycles. The topological polar surface area (TPSA) is 29.5 Å². The zero-order valence-electron chi connectivity index (χ0n) is 16.0. The first-order valence-electron chi connectivity index (χ1n) is 8.80. The summed E-state index contributed by atoms with van der Waals surface area (Å²) < 4.78 is 44.7. The van der Waals surface area contributed by atoms with Gasteiger partial charge in [-0.2, -0.15) is 0 Å². The summed E-state index contributed by atoms with van der Waals surface area (Å²) in [6.45, 7) is 1.02. The zero-order valence-corrected chi connectivity index (χ0v) is 11.8. The molecule has 0 saturated heterocycles. The molecule has 0 bridgehead atoms. The summed E-state index contributed by atoms with van der Waals surface area (Å²) in [5.41, 5.74) is 1.06. The Balaban J connectivity index is 2.11. The number of fused-ring (bicyclic) bond motifs is 1. The van der Waals surface area contributed by atoms with E-state index in [0.29, 0.717) is 13.1 Å². The number of benzene rings is 1. The van der Waals surface area contributed by atoms with Crippen molar-refractivity contribution in [2.24, 2.45) is 0 Å². The predicted molar refractivity (Wildman–Crippen MR) is 79.6 cm³/mol. The molecule has 3 rings (SSSR count).